The third kappa shape index (κ3) is 3.80. The van der Waals surface area contributed by atoms with E-state index in [4.69, 9.17) is 4.74 Å². The van der Waals surface area contributed by atoms with Crippen LogP contribution in [0.1, 0.15) is 32.6 Å². The molecule has 1 saturated heterocycles. The van der Waals surface area contributed by atoms with Gasteiger partial charge in [-0.1, -0.05) is 12.8 Å². The summed E-state index contributed by atoms with van der Waals surface area (Å²) in [5, 5.41) is 4.74. The maximum Gasteiger partial charge on any atom is 0.327 e. The number of nitrogens with zero attached hydrogens (tertiary/aromatic N) is 1. The number of rotatable bonds is 5. The van der Waals surface area contributed by atoms with E-state index >= 15 is 0 Å². The Morgan fingerprint density at radius 1 is 1.29 bits per heavy atom. The summed E-state index contributed by atoms with van der Waals surface area (Å²) in [6, 6.07) is 1.85. The second-order valence-corrected chi connectivity index (χ2v) is 6.86. The molecule has 1 spiro atoms. The Labute approximate surface area is 159 Å². The van der Waals surface area contributed by atoms with E-state index in [0.29, 0.717) is 12.8 Å². The lowest BCUT2D eigenvalue weighted by molar-refractivity contribution is -0.155. The first-order valence-corrected chi connectivity index (χ1v) is 8.81. The molecule has 8 nitrogen and oxygen atoms in total. The fourth-order valence-corrected chi connectivity index (χ4v) is 3.38. The second-order valence-electron chi connectivity index (χ2n) is 6.86. The predicted octanol–water partition coefficient (Wildman–Crippen LogP) is 1.70. The van der Waals surface area contributed by atoms with E-state index in [2.05, 4.69) is 10.6 Å². The van der Waals surface area contributed by atoms with E-state index in [9.17, 15) is 28.0 Å². The minimum atomic E-state index is -1.35. The Hall–Kier alpha value is -3.04. The Kier molecular flexibility index (Phi) is 5.30. The van der Waals surface area contributed by atoms with Gasteiger partial charge >= 0.3 is 12.0 Å². The molecule has 3 rings (SSSR count). The number of amides is 4. The lowest BCUT2D eigenvalue weighted by Crippen LogP contribution is -2.44. The van der Waals surface area contributed by atoms with Gasteiger partial charge in [0.1, 0.15) is 23.7 Å². The summed E-state index contributed by atoms with van der Waals surface area (Å²) in [4.78, 5) is 49.4. The molecule has 1 saturated carbocycles. The smallest absolute Gasteiger partial charge is 0.327 e. The largest absolute Gasteiger partial charge is 0.451 e. The minimum Gasteiger partial charge on any atom is -0.451 e. The van der Waals surface area contributed by atoms with Gasteiger partial charge in [0.2, 0.25) is 0 Å². The number of urea groups is 1. The lowest BCUT2D eigenvalue weighted by atomic mass is 9.98. The molecule has 150 valence electrons. The number of halogens is 2. The normalized spacial score (nSPS) is 18.9. The fraction of sp³-hybridized carbons (Fsp3) is 0.444. The molecule has 1 aliphatic carbocycles. The highest BCUT2D eigenvalue weighted by molar-refractivity contribution is 6.09. The molecule has 1 heterocycles. The van der Waals surface area contributed by atoms with Crippen LogP contribution >= 0.6 is 0 Å². The minimum absolute atomic E-state index is 0.398. The van der Waals surface area contributed by atoms with Crippen LogP contribution in [0.2, 0.25) is 0 Å². The molecular formula is C18H19F2N3O5. The molecule has 0 aromatic heterocycles. The number of nitrogens with one attached hydrogen (secondary N) is 2. The Morgan fingerprint density at radius 2 is 1.96 bits per heavy atom. The topological polar surface area (TPSA) is 105 Å². The molecule has 28 heavy (non-hydrogen) atoms. The molecule has 0 unspecified atom stereocenters. The zero-order valence-corrected chi connectivity index (χ0v) is 15.1. The van der Waals surface area contributed by atoms with Gasteiger partial charge in [0.25, 0.3) is 11.8 Å². The third-order valence-corrected chi connectivity index (χ3v) is 4.85. The van der Waals surface area contributed by atoms with Crippen molar-refractivity contribution in [1.29, 1.82) is 0 Å². The molecule has 1 atom stereocenters. The van der Waals surface area contributed by atoms with Crippen LogP contribution in [-0.2, 0) is 19.1 Å². The van der Waals surface area contributed by atoms with E-state index < -0.39 is 59.3 Å². The van der Waals surface area contributed by atoms with Crippen LogP contribution in [0.25, 0.3) is 0 Å². The van der Waals surface area contributed by atoms with Crippen molar-refractivity contribution in [2.75, 3.05) is 11.9 Å². The van der Waals surface area contributed by atoms with Crippen LogP contribution in [0.3, 0.4) is 0 Å². The van der Waals surface area contributed by atoms with Gasteiger partial charge in [-0.2, -0.15) is 0 Å². The summed E-state index contributed by atoms with van der Waals surface area (Å²) in [5.41, 5.74) is -1.35. The van der Waals surface area contributed by atoms with Crippen molar-refractivity contribution in [2.45, 2.75) is 44.2 Å². The quantitative estimate of drug-likeness (QED) is 0.583. The Balaban J connectivity index is 1.57. The summed E-state index contributed by atoms with van der Waals surface area (Å²) in [6.45, 7) is 0.590. The van der Waals surface area contributed by atoms with Gasteiger partial charge in [-0.15, -0.1) is 0 Å². The number of hydrogen-bond donors (Lipinski definition) is 2. The molecule has 0 radical (unpaired) electrons. The number of hydrogen-bond acceptors (Lipinski definition) is 5. The fourth-order valence-electron chi connectivity index (χ4n) is 3.38. The predicted molar refractivity (Wildman–Crippen MR) is 92.0 cm³/mol. The van der Waals surface area contributed by atoms with Gasteiger partial charge in [0.05, 0.1) is 5.69 Å². The maximum absolute atomic E-state index is 13.6. The van der Waals surface area contributed by atoms with Crippen molar-refractivity contribution in [3.8, 4) is 0 Å². The summed E-state index contributed by atoms with van der Waals surface area (Å²) >= 11 is 0. The summed E-state index contributed by atoms with van der Waals surface area (Å²) in [5.74, 6) is -3.94. The number of esters is 1. The van der Waals surface area contributed by atoms with Crippen LogP contribution in [0.5, 0.6) is 0 Å². The standard InChI is InChI=1S/C18H19F2N3O5/c1-10(15(25)21-13-8-11(19)4-5-12(13)20)28-14(24)9-23-16(26)18(22-17(23)27)6-2-3-7-18/h4-5,8,10H,2-3,6-7,9H2,1H3,(H,21,25)(H,22,27)/t10-/m0/s1. The first-order valence-electron chi connectivity index (χ1n) is 8.81. The van der Waals surface area contributed by atoms with Crippen LogP contribution < -0.4 is 10.6 Å². The first kappa shape index (κ1) is 19.7. The van der Waals surface area contributed by atoms with Crippen LogP contribution in [0, 0.1) is 11.6 Å². The number of carbonyl (C=O) groups is 4. The van der Waals surface area contributed by atoms with Gasteiger partial charge in [0, 0.05) is 6.07 Å². The van der Waals surface area contributed by atoms with E-state index in [1.165, 1.54) is 6.92 Å². The number of imide groups is 1. The van der Waals surface area contributed by atoms with Gasteiger partial charge < -0.3 is 15.4 Å². The number of ether oxygens (including phenoxy) is 1. The number of carbonyl (C=O) groups excluding carboxylic acids is 4. The molecule has 1 aromatic rings. The maximum atomic E-state index is 13.6. The molecule has 0 bridgehead atoms. The molecule has 2 fully saturated rings. The van der Waals surface area contributed by atoms with Crippen LogP contribution in [0.15, 0.2) is 18.2 Å². The van der Waals surface area contributed by atoms with Gasteiger partial charge in [0.15, 0.2) is 6.10 Å². The first-order chi connectivity index (χ1) is 13.2. The van der Waals surface area contributed by atoms with Crippen LogP contribution in [-0.4, -0.2) is 46.9 Å². The second kappa shape index (κ2) is 7.53. The molecule has 1 aliphatic heterocycles. The Morgan fingerprint density at radius 3 is 2.64 bits per heavy atom. The van der Waals surface area contributed by atoms with E-state index in [-0.39, 0.29) is 0 Å². The number of benzene rings is 1. The average molecular weight is 395 g/mol. The van der Waals surface area contributed by atoms with Gasteiger partial charge in [-0.05, 0) is 31.9 Å². The van der Waals surface area contributed by atoms with Crippen molar-refractivity contribution in [3.05, 3.63) is 29.8 Å². The van der Waals surface area contributed by atoms with E-state index in [0.717, 1.165) is 35.9 Å². The zero-order chi connectivity index (χ0) is 20.5. The monoisotopic (exact) mass is 395 g/mol. The summed E-state index contributed by atoms with van der Waals surface area (Å²) in [7, 11) is 0. The molecule has 10 heteroatoms. The van der Waals surface area contributed by atoms with E-state index in [1.807, 2.05) is 0 Å². The lowest BCUT2D eigenvalue weighted by Gasteiger charge is -2.20. The Bertz CT molecular complexity index is 839. The highest BCUT2D eigenvalue weighted by atomic mass is 19.1. The van der Waals surface area contributed by atoms with Crippen LogP contribution in [0.4, 0.5) is 19.3 Å². The molecule has 4 amide bonds. The SMILES string of the molecule is C[C@H](OC(=O)CN1C(=O)NC2(CCCC2)C1=O)C(=O)Nc1cc(F)ccc1F. The van der Waals surface area contributed by atoms with Crippen molar-refractivity contribution in [1.82, 2.24) is 10.2 Å². The van der Waals surface area contributed by atoms with Crippen molar-refractivity contribution < 1.29 is 32.7 Å². The third-order valence-electron chi connectivity index (χ3n) is 4.85. The highest BCUT2D eigenvalue weighted by Gasteiger charge is 2.52. The average Bonchev–Trinajstić information content (AvgIpc) is 3.19. The summed E-state index contributed by atoms with van der Waals surface area (Å²) in [6.07, 6.45) is 1.29. The molecule has 2 N–H and O–H groups in total. The van der Waals surface area contributed by atoms with Crippen molar-refractivity contribution in [3.63, 3.8) is 0 Å². The highest BCUT2D eigenvalue weighted by Crippen LogP contribution is 2.34. The summed E-state index contributed by atoms with van der Waals surface area (Å²) < 4.78 is 31.7. The zero-order valence-electron chi connectivity index (χ0n) is 15.1. The molecule has 2 aliphatic rings. The van der Waals surface area contributed by atoms with Crippen molar-refractivity contribution >= 4 is 29.5 Å². The van der Waals surface area contributed by atoms with Crippen molar-refractivity contribution in [2.24, 2.45) is 0 Å². The van der Waals surface area contributed by atoms with E-state index in [1.54, 1.807) is 0 Å². The van der Waals surface area contributed by atoms with Gasteiger partial charge in [-0.25, -0.2) is 13.6 Å². The van der Waals surface area contributed by atoms with Gasteiger partial charge in [-0.3, -0.25) is 19.3 Å². The molecule has 1 aromatic carbocycles. The molecular weight excluding hydrogens is 376 g/mol. The number of anilines is 1.